The van der Waals surface area contributed by atoms with E-state index in [-0.39, 0.29) is 30.5 Å². The predicted molar refractivity (Wildman–Crippen MR) is 120 cm³/mol. The van der Waals surface area contributed by atoms with Gasteiger partial charge in [0.05, 0.1) is 0 Å². The summed E-state index contributed by atoms with van der Waals surface area (Å²) in [5, 5.41) is 0. The van der Waals surface area contributed by atoms with Crippen molar-refractivity contribution in [3.63, 3.8) is 0 Å². The number of alkyl halides is 2. The van der Waals surface area contributed by atoms with Crippen LogP contribution in [0.2, 0.25) is 0 Å². The lowest BCUT2D eigenvalue weighted by Crippen LogP contribution is -2.41. The molecule has 32 heavy (non-hydrogen) atoms. The number of imide groups is 1. The summed E-state index contributed by atoms with van der Waals surface area (Å²) in [6.07, 6.45) is 6.64. The summed E-state index contributed by atoms with van der Waals surface area (Å²) in [6.45, 7) is 0.192. The molecule has 2 atom stereocenters. The lowest BCUT2D eigenvalue weighted by molar-refractivity contribution is -0.134. The number of nitrogens with zero attached hydrogens (tertiary/aromatic N) is 1. The summed E-state index contributed by atoms with van der Waals surface area (Å²) in [5.41, 5.74) is 0.900. The van der Waals surface area contributed by atoms with Crippen molar-refractivity contribution in [2.75, 3.05) is 6.61 Å². The van der Waals surface area contributed by atoms with Crippen molar-refractivity contribution >= 4 is 23.9 Å². The van der Waals surface area contributed by atoms with Crippen LogP contribution in [0.25, 0.3) is 0 Å². The highest BCUT2D eigenvalue weighted by Crippen LogP contribution is 2.34. The average Bonchev–Trinajstić information content (AvgIpc) is 3.03. The zero-order valence-corrected chi connectivity index (χ0v) is 18.6. The van der Waals surface area contributed by atoms with Crippen LogP contribution in [-0.4, -0.2) is 36.0 Å². The van der Waals surface area contributed by atoms with Gasteiger partial charge < -0.3 is 4.74 Å². The first kappa shape index (κ1) is 23.0. The number of cyclic esters (lactones) is 1. The Morgan fingerprint density at radius 3 is 2.59 bits per heavy atom. The summed E-state index contributed by atoms with van der Waals surface area (Å²) in [6, 6.07) is 9.37. The maximum atomic E-state index is 13.2. The molecule has 0 bridgehead atoms. The number of benzene rings is 1. The highest BCUT2D eigenvalue weighted by molar-refractivity contribution is 8.01. The number of carbonyl (C=O) groups excluding carboxylic acids is 2. The lowest BCUT2D eigenvalue weighted by Gasteiger charge is -2.31. The van der Waals surface area contributed by atoms with E-state index in [1.54, 1.807) is 12.2 Å². The van der Waals surface area contributed by atoms with Gasteiger partial charge in [-0.2, -0.15) is 0 Å². The molecular formula is C24H28F2N2O3S. The van der Waals surface area contributed by atoms with Gasteiger partial charge in [-0.1, -0.05) is 48.6 Å². The number of halogens is 2. The molecule has 1 saturated heterocycles. The molecule has 2 aliphatic carbocycles. The molecule has 2 unspecified atom stereocenters. The van der Waals surface area contributed by atoms with E-state index in [0.29, 0.717) is 25.7 Å². The smallest absolute Gasteiger partial charge is 0.417 e. The van der Waals surface area contributed by atoms with Gasteiger partial charge in [0.1, 0.15) is 12.6 Å². The maximum absolute atomic E-state index is 13.2. The Bertz CT molecular complexity index is 869. The number of hydrogen-bond donors (Lipinski definition) is 1. The molecule has 0 aromatic heterocycles. The third kappa shape index (κ3) is 5.41. The minimum atomic E-state index is -2.32. The van der Waals surface area contributed by atoms with Crippen molar-refractivity contribution < 1.29 is 23.1 Å². The molecular weight excluding hydrogens is 434 g/mol. The minimum Gasteiger partial charge on any atom is -0.446 e. The van der Waals surface area contributed by atoms with Gasteiger partial charge in [0.15, 0.2) is 0 Å². The second kappa shape index (κ2) is 10.6. The van der Waals surface area contributed by atoms with Crippen molar-refractivity contribution in [1.29, 1.82) is 0 Å². The number of carbonyl (C=O) groups is 2. The Morgan fingerprint density at radius 1 is 1.12 bits per heavy atom. The van der Waals surface area contributed by atoms with Crippen molar-refractivity contribution in [3.05, 3.63) is 59.0 Å². The van der Waals surface area contributed by atoms with Crippen molar-refractivity contribution in [3.8, 4) is 0 Å². The number of ether oxygens (including phenoxy) is 1. The first-order valence-corrected chi connectivity index (χ1v) is 12.0. The van der Waals surface area contributed by atoms with Crippen LogP contribution in [0.1, 0.15) is 50.1 Å². The Morgan fingerprint density at radius 2 is 1.88 bits per heavy atom. The number of amides is 2. The van der Waals surface area contributed by atoms with E-state index in [1.165, 1.54) is 16.8 Å². The van der Waals surface area contributed by atoms with Gasteiger partial charge >= 0.3 is 6.09 Å². The topological polar surface area (TPSA) is 58.6 Å². The number of rotatable bonds is 6. The van der Waals surface area contributed by atoms with E-state index in [1.807, 2.05) is 36.4 Å². The molecule has 1 heterocycles. The Balaban J connectivity index is 1.28. The van der Waals surface area contributed by atoms with E-state index >= 15 is 0 Å². The van der Waals surface area contributed by atoms with Gasteiger partial charge in [-0.25, -0.2) is 18.5 Å². The van der Waals surface area contributed by atoms with E-state index in [0.717, 1.165) is 23.3 Å². The number of nitrogens with one attached hydrogen (secondary N) is 1. The lowest BCUT2D eigenvalue weighted by atomic mass is 9.85. The molecule has 8 heteroatoms. The molecule has 1 saturated carbocycles. The highest BCUT2D eigenvalue weighted by Gasteiger charge is 2.42. The summed E-state index contributed by atoms with van der Waals surface area (Å²) in [4.78, 5) is 27.7. The average molecular weight is 463 g/mol. The van der Waals surface area contributed by atoms with Crippen molar-refractivity contribution in [2.45, 2.75) is 57.0 Å². The SMILES string of the molecule is O=C1OCC(c2ccccc2)N1C(=O)C1CCC(NSC2=CCCC(C(F)F)C=C2)CC1. The fourth-order valence-electron chi connectivity index (χ4n) is 4.48. The molecule has 1 aromatic rings. The molecule has 1 aromatic carbocycles. The van der Waals surface area contributed by atoms with Gasteiger partial charge in [0.25, 0.3) is 0 Å². The normalized spacial score (nSPS) is 28.4. The highest BCUT2D eigenvalue weighted by atomic mass is 32.2. The van der Waals surface area contributed by atoms with Crippen LogP contribution in [-0.2, 0) is 9.53 Å². The largest absolute Gasteiger partial charge is 0.446 e. The first-order chi connectivity index (χ1) is 15.5. The van der Waals surface area contributed by atoms with Crippen LogP contribution in [0.4, 0.5) is 13.6 Å². The van der Waals surface area contributed by atoms with Crippen LogP contribution in [0.15, 0.2) is 53.5 Å². The molecule has 0 spiro atoms. The zero-order chi connectivity index (χ0) is 22.5. The fraction of sp³-hybridized carbons (Fsp3) is 0.500. The third-order valence-electron chi connectivity index (χ3n) is 6.39. The molecule has 5 nitrogen and oxygen atoms in total. The second-order valence-electron chi connectivity index (χ2n) is 8.52. The van der Waals surface area contributed by atoms with Crippen LogP contribution in [0.5, 0.6) is 0 Å². The Hall–Kier alpha value is -2.19. The molecule has 2 amide bonds. The minimum absolute atomic E-state index is 0.153. The number of allylic oxidation sites excluding steroid dienone is 3. The quantitative estimate of drug-likeness (QED) is 0.556. The van der Waals surface area contributed by atoms with E-state index in [2.05, 4.69) is 4.72 Å². The molecule has 1 N–H and O–H groups in total. The van der Waals surface area contributed by atoms with Gasteiger partial charge in [0, 0.05) is 22.8 Å². The first-order valence-electron chi connectivity index (χ1n) is 11.2. The Kier molecular flexibility index (Phi) is 7.63. The standard InChI is InChI=1S/C24H28F2N2O3S/c25-22(26)17-7-4-8-20(14-11-17)32-27-19-12-9-18(10-13-19)23(29)28-21(15-31-24(28)30)16-5-2-1-3-6-16/h1-3,5-6,8,11,14,17-19,21-22,27H,4,7,9-10,12-13,15H2. The van der Waals surface area contributed by atoms with Gasteiger partial charge in [-0.15, -0.1) is 0 Å². The monoisotopic (exact) mass is 462 g/mol. The van der Waals surface area contributed by atoms with Gasteiger partial charge in [-0.05, 0) is 56.0 Å². The van der Waals surface area contributed by atoms with Crippen LogP contribution in [0.3, 0.4) is 0 Å². The zero-order valence-electron chi connectivity index (χ0n) is 17.8. The predicted octanol–water partition coefficient (Wildman–Crippen LogP) is 5.62. The molecule has 4 rings (SSSR count). The summed E-state index contributed by atoms with van der Waals surface area (Å²) in [7, 11) is 0. The summed E-state index contributed by atoms with van der Waals surface area (Å²) in [5.74, 6) is -1.03. The van der Waals surface area contributed by atoms with Crippen LogP contribution in [0, 0.1) is 11.8 Å². The summed E-state index contributed by atoms with van der Waals surface area (Å²) >= 11 is 1.47. The van der Waals surface area contributed by atoms with Crippen molar-refractivity contribution in [1.82, 2.24) is 9.62 Å². The Labute approximate surface area is 191 Å². The molecule has 172 valence electrons. The molecule has 1 aliphatic heterocycles. The maximum Gasteiger partial charge on any atom is 0.417 e. The van der Waals surface area contributed by atoms with E-state index in [9.17, 15) is 18.4 Å². The second-order valence-corrected chi connectivity index (χ2v) is 9.43. The van der Waals surface area contributed by atoms with E-state index in [4.69, 9.17) is 4.74 Å². The van der Waals surface area contributed by atoms with Crippen molar-refractivity contribution in [2.24, 2.45) is 11.8 Å². The molecule has 2 fully saturated rings. The van der Waals surface area contributed by atoms with Crippen LogP contribution >= 0.6 is 11.9 Å². The fourth-order valence-corrected chi connectivity index (χ4v) is 5.36. The molecule has 0 radical (unpaired) electrons. The number of hydrogen-bond acceptors (Lipinski definition) is 5. The van der Waals surface area contributed by atoms with E-state index < -0.39 is 18.4 Å². The van der Waals surface area contributed by atoms with Gasteiger partial charge in [-0.3, -0.25) is 9.52 Å². The van der Waals surface area contributed by atoms with Gasteiger partial charge in [0.2, 0.25) is 12.3 Å². The third-order valence-corrected chi connectivity index (χ3v) is 7.38. The molecule has 3 aliphatic rings. The summed E-state index contributed by atoms with van der Waals surface area (Å²) < 4.78 is 34.4. The van der Waals surface area contributed by atoms with Crippen LogP contribution < -0.4 is 4.72 Å².